The van der Waals surface area contributed by atoms with E-state index in [-0.39, 0.29) is 23.8 Å². The van der Waals surface area contributed by atoms with Crippen LogP contribution >= 0.6 is 0 Å². The largest absolute Gasteiger partial charge is 0.385 e. The van der Waals surface area contributed by atoms with Crippen LogP contribution in [0.5, 0.6) is 0 Å². The van der Waals surface area contributed by atoms with E-state index in [4.69, 9.17) is 10.5 Å². The number of hydrogen-bond donors (Lipinski definition) is 2. The third-order valence-corrected chi connectivity index (χ3v) is 5.43. The molecule has 158 valence electrons. The molecule has 2 heterocycles. The lowest BCUT2D eigenvalue weighted by Gasteiger charge is -2.33. The molecule has 1 aliphatic heterocycles. The van der Waals surface area contributed by atoms with E-state index in [1.54, 1.807) is 12.3 Å². The average molecular weight is 418 g/mol. The number of ether oxygens (including phenoxy) is 1. The van der Waals surface area contributed by atoms with Gasteiger partial charge < -0.3 is 15.8 Å². The van der Waals surface area contributed by atoms with Crippen LogP contribution in [0.4, 0.5) is 18.9 Å². The predicted octanol–water partition coefficient (Wildman–Crippen LogP) is 3.59. The molecule has 0 spiro atoms. The Morgan fingerprint density at radius 1 is 1.27 bits per heavy atom. The SMILES string of the molecule is C[C@]1(c2cc(NC(=O)c3ccc(C4CC4)cn3)ccc2F)N=C(N)COCC1(F)F. The highest BCUT2D eigenvalue weighted by molar-refractivity contribution is 6.02. The monoisotopic (exact) mass is 418 g/mol. The Hall–Kier alpha value is -2.94. The van der Waals surface area contributed by atoms with Crippen molar-refractivity contribution in [3.63, 3.8) is 0 Å². The predicted molar refractivity (Wildman–Crippen MR) is 105 cm³/mol. The number of amidine groups is 1. The van der Waals surface area contributed by atoms with Gasteiger partial charge in [-0.3, -0.25) is 14.8 Å². The highest BCUT2D eigenvalue weighted by Gasteiger charge is 2.54. The molecule has 3 N–H and O–H groups in total. The molecule has 4 rings (SSSR count). The molecule has 2 aliphatic rings. The Morgan fingerprint density at radius 3 is 2.70 bits per heavy atom. The molecular weight excluding hydrogens is 397 g/mol. The topological polar surface area (TPSA) is 89.6 Å². The zero-order valence-electron chi connectivity index (χ0n) is 16.3. The van der Waals surface area contributed by atoms with Gasteiger partial charge in [-0.1, -0.05) is 6.07 Å². The second kappa shape index (κ2) is 7.39. The van der Waals surface area contributed by atoms with Crippen molar-refractivity contribution in [2.45, 2.75) is 37.1 Å². The molecule has 2 aromatic rings. The summed E-state index contributed by atoms with van der Waals surface area (Å²) in [6, 6.07) is 6.89. The second-order valence-electron chi connectivity index (χ2n) is 7.77. The van der Waals surface area contributed by atoms with E-state index < -0.39 is 35.4 Å². The fourth-order valence-corrected chi connectivity index (χ4v) is 3.45. The lowest BCUT2D eigenvalue weighted by atomic mass is 9.85. The van der Waals surface area contributed by atoms with Gasteiger partial charge in [-0.2, -0.15) is 0 Å². The van der Waals surface area contributed by atoms with Crippen molar-refractivity contribution in [3.05, 3.63) is 59.2 Å². The van der Waals surface area contributed by atoms with Crippen molar-refractivity contribution in [2.75, 3.05) is 18.5 Å². The molecule has 30 heavy (non-hydrogen) atoms. The van der Waals surface area contributed by atoms with Crippen LogP contribution in [0.25, 0.3) is 0 Å². The number of nitrogens with zero attached hydrogens (tertiary/aromatic N) is 2. The zero-order valence-corrected chi connectivity index (χ0v) is 16.3. The lowest BCUT2D eigenvalue weighted by Crippen LogP contribution is -2.45. The molecule has 9 heteroatoms. The van der Waals surface area contributed by atoms with Crippen LogP contribution in [0.3, 0.4) is 0 Å². The van der Waals surface area contributed by atoms with Crippen molar-refractivity contribution in [3.8, 4) is 0 Å². The number of halogens is 3. The van der Waals surface area contributed by atoms with E-state index in [9.17, 15) is 18.0 Å². The lowest BCUT2D eigenvalue weighted by molar-refractivity contribution is -0.116. The van der Waals surface area contributed by atoms with Gasteiger partial charge in [-0.15, -0.1) is 0 Å². The highest BCUT2D eigenvalue weighted by atomic mass is 19.3. The second-order valence-corrected chi connectivity index (χ2v) is 7.77. The maximum absolute atomic E-state index is 14.8. The summed E-state index contributed by atoms with van der Waals surface area (Å²) < 4.78 is 49.0. The minimum Gasteiger partial charge on any atom is -0.385 e. The number of amides is 1. The van der Waals surface area contributed by atoms with Crippen molar-refractivity contribution in [1.29, 1.82) is 0 Å². The van der Waals surface area contributed by atoms with Crippen molar-refractivity contribution in [2.24, 2.45) is 10.7 Å². The quantitative estimate of drug-likeness (QED) is 0.794. The number of aliphatic imine (C=N–C) groups is 1. The molecule has 1 saturated carbocycles. The van der Waals surface area contributed by atoms with E-state index >= 15 is 0 Å². The van der Waals surface area contributed by atoms with E-state index in [2.05, 4.69) is 15.3 Å². The Balaban J connectivity index is 1.62. The molecule has 1 amide bonds. The van der Waals surface area contributed by atoms with Gasteiger partial charge in [0.05, 0.1) is 0 Å². The molecular formula is C21H21F3N4O2. The molecule has 1 fully saturated rings. The van der Waals surface area contributed by atoms with Gasteiger partial charge in [0, 0.05) is 17.4 Å². The van der Waals surface area contributed by atoms with Gasteiger partial charge in [0.25, 0.3) is 11.8 Å². The van der Waals surface area contributed by atoms with Crippen LogP contribution < -0.4 is 11.1 Å². The molecule has 0 radical (unpaired) electrons. The average Bonchev–Trinajstić information content (AvgIpc) is 3.54. The molecule has 1 atom stereocenters. The van der Waals surface area contributed by atoms with Gasteiger partial charge in [-0.05, 0) is 55.5 Å². The minimum atomic E-state index is -3.52. The van der Waals surface area contributed by atoms with E-state index in [1.807, 2.05) is 6.07 Å². The number of nitrogens with two attached hydrogens (primary N) is 1. The number of benzene rings is 1. The first-order valence-corrected chi connectivity index (χ1v) is 9.57. The van der Waals surface area contributed by atoms with Gasteiger partial charge in [0.15, 0.2) is 5.54 Å². The number of carbonyl (C=O) groups excluding carboxylic acids is 1. The first-order chi connectivity index (χ1) is 14.2. The van der Waals surface area contributed by atoms with Crippen LogP contribution in [-0.2, 0) is 10.3 Å². The summed E-state index contributed by atoms with van der Waals surface area (Å²) in [5.41, 5.74) is 4.35. The Bertz CT molecular complexity index is 1010. The number of aromatic nitrogens is 1. The number of pyridine rings is 1. The summed E-state index contributed by atoms with van der Waals surface area (Å²) in [7, 11) is 0. The molecule has 1 aromatic carbocycles. The number of rotatable bonds is 4. The van der Waals surface area contributed by atoms with Crippen molar-refractivity contribution >= 4 is 17.4 Å². The molecule has 0 bridgehead atoms. The summed E-state index contributed by atoms with van der Waals surface area (Å²) in [6.07, 6.45) is 3.90. The van der Waals surface area contributed by atoms with Crippen LogP contribution in [0.15, 0.2) is 41.5 Å². The standard InChI is InChI=1S/C21H21F3N4O2/c1-20(21(23,24)11-30-10-18(25)28-20)15-8-14(5-6-16(15)22)27-19(29)17-7-4-13(9-26-17)12-2-3-12/h4-9,12H,2-3,10-11H2,1H3,(H2,25,28)(H,27,29)/t20-/m1/s1. The van der Waals surface area contributed by atoms with Crippen LogP contribution in [-0.4, -0.2) is 35.9 Å². The summed E-state index contributed by atoms with van der Waals surface area (Å²) in [6.45, 7) is -0.135. The number of nitrogens with one attached hydrogen (secondary N) is 1. The van der Waals surface area contributed by atoms with Crippen LogP contribution in [0.2, 0.25) is 0 Å². The molecule has 6 nitrogen and oxygen atoms in total. The third-order valence-electron chi connectivity index (χ3n) is 5.43. The first kappa shape index (κ1) is 20.3. The highest BCUT2D eigenvalue weighted by Crippen LogP contribution is 2.44. The number of alkyl halides is 2. The maximum atomic E-state index is 14.8. The number of anilines is 1. The molecule has 0 unspecified atom stereocenters. The summed E-state index contributed by atoms with van der Waals surface area (Å²) in [5, 5.41) is 2.58. The molecule has 1 aromatic heterocycles. The minimum absolute atomic E-state index is 0.139. The molecule has 1 aliphatic carbocycles. The third kappa shape index (κ3) is 3.77. The fourth-order valence-electron chi connectivity index (χ4n) is 3.45. The summed E-state index contributed by atoms with van der Waals surface area (Å²) in [5.74, 6) is -4.59. The van der Waals surface area contributed by atoms with Crippen LogP contribution in [0.1, 0.15) is 47.3 Å². The van der Waals surface area contributed by atoms with Gasteiger partial charge in [0.2, 0.25) is 0 Å². The fraction of sp³-hybridized carbons (Fsp3) is 0.381. The van der Waals surface area contributed by atoms with Crippen LogP contribution in [0, 0.1) is 5.82 Å². The number of carbonyl (C=O) groups is 1. The van der Waals surface area contributed by atoms with Crippen molar-refractivity contribution in [1.82, 2.24) is 4.98 Å². The Kier molecular flexibility index (Phi) is 5.01. The zero-order chi connectivity index (χ0) is 21.5. The van der Waals surface area contributed by atoms with E-state index in [0.717, 1.165) is 37.5 Å². The van der Waals surface area contributed by atoms with Gasteiger partial charge in [0.1, 0.15) is 30.6 Å². The van der Waals surface area contributed by atoms with Crippen molar-refractivity contribution < 1.29 is 22.7 Å². The Morgan fingerprint density at radius 2 is 2.03 bits per heavy atom. The number of hydrogen-bond acceptors (Lipinski definition) is 5. The normalized spacial score (nSPS) is 23.4. The smallest absolute Gasteiger partial charge is 0.299 e. The van der Waals surface area contributed by atoms with Gasteiger partial charge >= 0.3 is 0 Å². The molecule has 0 saturated heterocycles. The van der Waals surface area contributed by atoms with Gasteiger partial charge in [-0.25, -0.2) is 13.2 Å². The van der Waals surface area contributed by atoms with E-state index in [0.29, 0.717) is 5.92 Å². The van der Waals surface area contributed by atoms with E-state index in [1.165, 1.54) is 6.07 Å². The maximum Gasteiger partial charge on any atom is 0.299 e. The summed E-state index contributed by atoms with van der Waals surface area (Å²) in [4.78, 5) is 20.5. The Labute approximate surface area is 171 Å². The summed E-state index contributed by atoms with van der Waals surface area (Å²) >= 11 is 0. The first-order valence-electron chi connectivity index (χ1n) is 9.57.